The van der Waals surface area contributed by atoms with E-state index in [-0.39, 0.29) is 17.5 Å². The van der Waals surface area contributed by atoms with Gasteiger partial charge in [0.25, 0.3) is 5.56 Å². The maximum Gasteiger partial charge on any atom is 0.321 e. The number of para-hydroxylation sites is 1. The first-order valence-corrected chi connectivity index (χ1v) is 10.1. The molecular formula is C22H27N5O2. The standard InChI is InChI=1S/C22H27N5O2/c1-3-5-8-15(4-2)14-24-22(29)27-21-25-18(13-19(28)26-21)17-11-6-9-16-10-7-12-23-20(16)17/h6-7,9-13,15H,3-5,8,14H2,1-2H3,(H3,24,25,26,27,28,29). The van der Waals surface area contributed by atoms with Gasteiger partial charge in [-0.15, -0.1) is 0 Å². The van der Waals surface area contributed by atoms with Crippen LogP contribution in [0.15, 0.2) is 47.4 Å². The lowest BCUT2D eigenvalue weighted by atomic mass is 9.99. The number of aromatic amines is 1. The molecule has 0 radical (unpaired) electrons. The van der Waals surface area contributed by atoms with Gasteiger partial charge in [-0.25, -0.2) is 9.78 Å². The number of hydrogen-bond acceptors (Lipinski definition) is 4. The van der Waals surface area contributed by atoms with Crippen LogP contribution < -0.4 is 16.2 Å². The van der Waals surface area contributed by atoms with Gasteiger partial charge in [-0.2, -0.15) is 0 Å². The van der Waals surface area contributed by atoms with E-state index < -0.39 is 0 Å². The number of carbonyl (C=O) groups is 1. The number of hydrogen-bond donors (Lipinski definition) is 3. The molecule has 0 aliphatic heterocycles. The third-order valence-electron chi connectivity index (χ3n) is 4.98. The van der Waals surface area contributed by atoms with Crippen molar-refractivity contribution in [2.75, 3.05) is 11.9 Å². The zero-order chi connectivity index (χ0) is 20.6. The summed E-state index contributed by atoms with van der Waals surface area (Å²) in [4.78, 5) is 35.8. The van der Waals surface area contributed by atoms with Crippen LogP contribution in [-0.2, 0) is 0 Å². The molecule has 0 aliphatic rings. The fraction of sp³-hybridized carbons (Fsp3) is 0.364. The zero-order valence-corrected chi connectivity index (χ0v) is 16.9. The smallest absolute Gasteiger partial charge is 0.321 e. The average molecular weight is 393 g/mol. The molecule has 1 atom stereocenters. The number of aromatic nitrogens is 3. The van der Waals surface area contributed by atoms with Crippen LogP contribution in [-0.4, -0.2) is 27.5 Å². The van der Waals surface area contributed by atoms with E-state index in [9.17, 15) is 9.59 Å². The minimum atomic E-state index is -0.378. The highest BCUT2D eigenvalue weighted by molar-refractivity contribution is 5.93. The Kier molecular flexibility index (Phi) is 6.94. The van der Waals surface area contributed by atoms with Crippen LogP contribution in [0.25, 0.3) is 22.2 Å². The molecule has 152 valence electrons. The summed E-state index contributed by atoms with van der Waals surface area (Å²) in [5.74, 6) is 0.556. The van der Waals surface area contributed by atoms with E-state index in [0.717, 1.165) is 42.1 Å². The maximum absolute atomic E-state index is 12.3. The molecule has 7 heteroatoms. The second-order valence-corrected chi connectivity index (χ2v) is 7.11. The van der Waals surface area contributed by atoms with E-state index in [1.165, 1.54) is 6.07 Å². The Morgan fingerprint density at radius 1 is 1.21 bits per heavy atom. The van der Waals surface area contributed by atoms with Crippen molar-refractivity contribution in [3.05, 3.63) is 52.9 Å². The number of carbonyl (C=O) groups excluding carboxylic acids is 1. The molecule has 2 aromatic heterocycles. The lowest BCUT2D eigenvalue weighted by molar-refractivity contribution is 0.249. The number of pyridine rings is 1. The summed E-state index contributed by atoms with van der Waals surface area (Å²) in [6.07, 6.45) is 6.10. The van der Waals surface area contributed by atoms with Crippen molar-refractivity contribution in [3.63, 3.8) is 0 Å². The van der Waals surface area contributed by atoms with Crippen molar-refractivity contribution >= 4 is 22.9 Å². The monoisotopic (exact) mass is 393 g/mol. The molecule has 7 nitrogen and oxygen atoms in total. The number of H-pyrrole nitrogens is 1. The van der Waals surface area contributed by atoms with Crippen molar-refractivity contribution < 1.29 is 4.79 Å². The fourth-order valence-corrected chi connectivity index (χ4v) is 3.30. The van der Waals surface area contributed by atoms with Gasteiger partial charge in [0.2, 0.25) is 5.95 Å². The molecule has 3 rings (SSSR count). The first-order valence-electron chi connectivity index (χ1n) is 10.1. The third-order valence-corrected chi connectivity index (χ3v) is 4.98. The van der Waals surface area contributed by atoms with Crippen LogP contribution in [0.5, 0.6) is 0 Å². The van der Waals surface area contributed by atoms with Crippen LogP contribution in [0.3, 0.4) is 0 Å². The molecule has 0 spiro atoms. The Balaban J connectivity index is 1.76. The van der Waals surface area contributed by atoms with E-state index in [1.807, 2.05) is 30.3 Å². The number of anilines is 1. The van der Waals surface area contributed by atoms with Gasteiger partial charge in [0.15, 0.2) is 0 Å². The van der Waals surface area contributed by atoms with Gasteiger partial charge in [-0.3, -0.25) is 20.1 Å². The molecule has 3 N–H and O–H groups in total. The molecule has 2 heterocycles. The Bertz CT molecular complexity index is 1030. The minimum Gasteiger partial charge on any atom is -0.338 e. The van der Waals surface area contributed by atoms with Crippen LogP contribution in [0.4, 0.5) is 10.7 Å². The van der Waals surface area contributed by atoms with Gasteiger partial charge in [-0.05, 0) is 18.4 Å². The van der Waals surface area contributed by atoms with E-state index in [1.54, 1.807) is 6.20 Å². The average Bonchev–Trinajstić information content (AvgIpc) is 2.73. The number of rotatable bonds is 8. The summed E-state index contributed by atoms with van der Waals surface area (Å²) in [6, 6.07) is 10.5. The van der Waals surface area contributed by atoms with Crippen molar-refractivity contribution in [2.24, 2.45) is 5.92 Å². The van der Waals surface area contributed by atoms with Crippen LogP contribution in [0, 0.1) is 5.92 Å². The number of unbranched alkanes of at least 4 members (excludes halogenated alkanes) is 1. The molecule has 0 saturated carbocycles. The van der Waals surface area contributed by atoms with Gasteiger partial charge in [-0.1, -0.05) is 57.4 Å². The molecule has 0 aliphatic carbocycles. The highest BCUT2D eigenvalue weighted by atomic mass is 16.2. The quantitative estimate of drug-likeness (QED) is 0.530. The van der Waals surface area contributed by atoms with E-state index in [4.69, 9.17) is 0 Å². The second-order valence-electron chi connectivity index (χ2n) is 7.11. The third kappa shape index (κ3) is 5.40. The molecule has 1 unspecified atom stereocenters. The molecule has 0 fully saturated rings. The molecule has 0 bridgehead atoms. The molecule has 0 saturated heterocycles. The Hall–Kier alpha value is -3.22. The molecule has 29 heavy (non-hydrogen) atoms. The molecular weight excluding hydrogens is 366 g/mol. The number of fused-ring (bicyclic) bond motifs is 1. The van der Waals surface area contributed by atoms with Gasteiger partial charge < -0.3 is 5.32 Å². The fourth-order valence-electron chi connectivity index (χ4n) is 3.30. The molecule has 2 amide bonds. The van der Waals surface area contributed by atoms with Crippen molar-refractivity contribution in [1.82, 2.24) is 20.3 Å². The number of nitrogens with zero attached hydrogens (tertiary/aromatic N) is 2. The van der Waals surface area contributed by atoms with Crippen molar-refractivity contribution in [1.29, 1.82) is 0 Å². The van der Waals surface area contributed by atoms with Crippen molar-refractivity contribution in [2.45, 2.75) is 39.5 Å². The Morgan fingerprint density at radius 3 is 2.83 bits per heavy atom. The highest BCUT2D eigenvalue weighted by Gasteiger charge is 2.12. The first kappa shape index (κ1) is 20.5. The van der Waals surface area contributed by atoms with E-state index >= 15 is 0 Å². The SMILES string of the molecule is CCCCC(CC)CNC(=O)Nc1nc(-c2cccc3cccnc23)cc(=O)[nH]1. The lowest BCUT2D eigenvalue weighted by Crippen LogP contribution is -2.34. The normalized spacial score (nSPS) is 11.9. The summed E-state index contributed by atoms with van der Waals surface area (Å²) in [5, 5.41) is 6.47. The van der Waals surface area contributed by atoms with E-state index in [0.29, 0.717) is 18.2 Å². The Labute approximate surface area is 170 Å². The summed E-state index contributed by atoms with van der Waals surface area (Å²) >= 11 is 0. The van der Waals surface area contributed by atoms with Gasteiger partial charge >= 0.3 is 6.03 Å². The van der Waals surface area contributed by atoms with Crippen LogP contribution in [0.1, 0.15) is 39.5 Å². The summed E-state index contributed by atoms with van der Waals surface area (Å²) in [7, 11) is 0. The number of benzene rings is 1. The predicted octanol–water partition coefficient (Wildman–Crippen LogP) is 4.32. The summed E-state index contributed by atoms with van der Waals surface area (Å²) in [6.45, 7) is 4.88. The number of amides is 2. The minimum absolute atomic E-state index is 0.111. The van der Waals surface area contributed by atoms with E-state index in [2.05, 4.69) is 39.4 Å². The molecule has 1 aromatic carbocycles. The topological polar surface area (TPSA) is 99.8 Å². The lowest BCUT2D eigenvalue weighted by Gasteiger charge is -2.15. The maximum atomic E-state index is 12.3. The van der Waals surface area contributed by atoms with Gasteiger partial charge in [0, 0.05) is 29.8 Å². The van der Waals surface area contributed by atoms with Crippen molar-refractivity contribution in [3.8, 4) is 11.3 Å². The Morgan fingerprint density at radius 2 is 2.03 bits per heavy atom. The number of urea groups is 1. The predicted molar refractivity (Wildman–Crippen MR) is 116 cm³/mol. The highest BCUT2D eigenvalue weighted by Crippen LogP contribution is 2.25. The largest absolute Gasteiger partial charge is 0.338 e. The second kappa shape index (κ2) is 9.82. The molecule has 3 aromatic rings. The van der Waals surface area contributed by atoms with Gasteiger partial charge in [0.05, 0.1) is 11.2 Å². The van der Waals surface area contributed by atoms with Crippen LogP contribution in [0.2, 0.25) is 0 Å². The van der Waals surface area contributed by atoms with Crippen LogP contribution >= 0.6 is 0 Å². The number of nitrogens with one attached hydrogen (secondary N) is 3. The zero-order valence-electron chi connectivity index (χ0n) is 16.9. The first-order chi connectivity index (χ1) is 14.1. The summed E-state index contributed by atoms with van der Waals surface area (Å²) in [5.41, 5.74) is 1.61. The van der Waals surface area contributed by atoms with Gasteiger partial charge in [0.1, 0.15) is 0 Å². The summed E-state index contributed by atoms with van der Waals surface area (Å²) < 4.78 is 0.